The highest BCUT2D eigenvalue weighted by atomic mass is 16.7. The largest absolute Gasteiger partial charge is 0.457 e. The molecule has 0 unspecified atom stereocenters. The van der Waals surface area contributed by atoms with E-state index in [-0.39, 0.29) is 31.1 Å². The van der Waals surface area contributed by atoms with Crippen molar-refractivity contribution in [2.45, 2.75) is 13.8 Å². The highest BCUT2D eigenvalue weighted by Gasteiger charge is 2.17. The van der Waals surface area contributed by atoms with E-state index in [1.807, 2.05) is 0 Å². The number of hydrogen-bond acceptors (Lipinski definition) is 5. The van der Waals surface area contributed by atoms with Crippen molar-refractivity contribution in [3.05, 3.63) is 23.8 Å². The maximum Gasteiger partial charge on any atom is 0.308 e. The standard InChI is InChI=1S/C13H14O5/c1-8(2)13(15)16-6-10(14)9-3-4-11-12(5-9)18-7-17-11/h3-5,8H,6-7H2,1-2H3. The van der Waals surface area contributed by atoms with Crippen molar-refractivity contribution >= 4 is 11.8 Å². The van der Waals surface area contributed by atoms with E-state index in [0.29, 0.717) is 17.1 Å². The van der Waals surface area contributed by atoms with Crippen molar-refractivity contribution in [1.29, 1.82) is 0 Å². The minimum Gasteiger partial charge on any atom is -0.457 e. The van der Waals surface area contributed by atoms with E-state index in [1.54, 1.807) is 32.0 Å². The Hall–Kier alpha value is -2.04. The van der Waals surface area contributed by atoms with Crippen LogP contribution in [0.4, 0.5) is 0 Å². The van der Waals surface area contributed by atoms with Gasteiger partial charge in [0.05, 0.1) is 5.92 Å². The molecule has 0 atom stereocenters. The van der Waals surface area contributed by atoms with E-state index in [2.05, 4.69) is 0 Å². The summed E-state index contributed by atoms with van der Waals surface area (Å²) >= 11 is 0. The molecule has 0 saturated heterocycles. The van der Waals surface area contributed by atoms with E-state index in [0.717, 1.165) is 0 Å². The Bertz CT molecular complexity index is 478. The first-order valence-electron chi connectivity index (χ1n) is 5.67. The molecule has 0 aromatic heterocycles. The lowest BCUT2D eigenvalue weighted by Gasteiger charge is -2.06. The SMILES string of the molecule is CC(C)C(=O)OCC(=O)c1ccc2c(c1)OCO2. The fraction of sp³-hybridized carbons (Fsp3) is 0.385. The molecule has 0 fully saturated rings. The van der Waals surface area contributed by atoms with Crippen LogP contribution in [0.15, 0.2) is 18.2 Å². The van der Waals surface area contributed by atoms with Gasteiger partial charge < -0.3 is 14.2 Å². The highest BCUT2D eigenvalue weighted by molar-refractivity contribution is 5.98. The minimum atomic E-state index is -0.385. The zero-order valence-corrected chi connectivity index (χ0v) is 10.3. The van der Waals surface area contributed by atoms with Crippen molar-refractivity contribution in [2.75, 3.05) is 13.4 Å². The molecule has 18 heavy (non-hydrogen) atoms. The van der Waals surface area contributed by atoms with Crippen molar-refractivity contribution < 1.29 is 23.8 Å². The van der Waals surface area contributed by atoms with Gasteiger partial charge in [0.15, 0.2) is 23.9 Å². The number of esters is 1. The van der Waals surface area contributed by atoms with Crippen LogP contribution in [0.3, 0.4) is 0 Å². The lowest BCUT2D eigenvalue weighted by Crippen LogP contribution is -2.17. The predicted octanol–water partition coefficient (Wildman–Crippen LogP) is 1.80. The van der Waals surface area contributed by atoms with Gasteiger partial charge in [0.25, 0.3) is 0 Å². The third kappa shape index (κ3) is 2.61. The second-order valence-corrected chi connectivity index (χ2v) is 4.25. The lowest BCUT2D eigenvalue weighted by molar-refractivity contribution is -0.146. The maximum absolute atomic E-state index is 11.8. The van der Waals surface area contributed by atoms with Gasteiger partial charge in [-0.15, -0.1) is 0 Å². The fourth-order valence-corrected chi connectivity index (χ4v) is 1.46. The molecular formula is C13H14O5. The average molecular weight is 250 g/mol. The zero-order chi connectivity index (χ0) is 13.1. The Labute approximate surface area is 105 Å². The van der Waals surface area contributed by atoms with Crippen LogP contribution in [0.25, 0.3) is 0 Å². The van der Waals surface area contributed by atoms with Gasteiger partial charge in [0, 0.05) is 5.56 Å². The molecule has 5 heteroatoms. The van der Waals surface area contributed by atoms with Crippen molar-refractivity contribution in [3.63, 3.8) is 0 Å². The van der Waals surface area contributed by atoms with Gasteiger partial charge in [0.2, 0.25) is 6.79 Å². The Kier molecular flexibility index (Phi) is 3.50. The molecule has 1 aliphatic heterocycles. The molecule has 1 aromatic rings. The van der Waals surface area contributed by atoms with Crippen molar-refractivity contribution in [1.82, 2.24) is 0 Å². The van der Waals surface area contributed by atoms with E-state index in [4.69, 9.17) is 14.2 Å². The Morgan fingerprint density at radius 1 is 1.28 bits per heavy atom. The van der Waals surface area contributed by atoms with E-state index >= 15 is 0 Å². The van der Waals surface area contributed by atoms with E-state index in [1.165, 1.54) is 0 Å². The first kappa shape index (κ1) is 12.4. The number of benzene rings is 1. The number of ether oxygens (including phenoxy) is 3. The monoisotopic (exact) mass is 250 g/mol. The molecule has 96 valence electrons. The minimum absolute atomic E-state index is 0.162. The summed E-state index contributed by atoms with van der Waals surface area (Å²) in [5.41, 5.74) is 0.441. The molecule has 0 saturated carbocycles. The molecule has 1 aromatic carbocycles. The summed E-state index contributed by atoms with van der Waals surface area (Å²) in [6.07, 6.45) is 0. The Balaban J connectivity index is 1.99. The van der Waals surface area contributed by atoms with Crippen LogP contribution in [0, 0.1) is 5.92 Å². The van der Waals surface area contributed by atoms with E-state index < -0.39 is 0 Å². The molecule has 1 aliphatic rings. The fourth-order valence-electron chi connectivity index (χ4n) is 1.46. The third-order valence-corrected chi connectivity index (χ3v) is 2.51. The maximum atomic E-state index is 11.8. The number of ketones is 1. The summed E-state index contributed by atoms with van der Waals surface area (Å²) in [7, 11) is 0. The number of fused-ring (bicyclic) bond motifs is 1. The number of carbonyl (C=O) groups excluding carboxylic acids is 2. The first-order valence-corrected chi connectivity index (χ1v) is 5.67. The van der Waals surface area contributed by atoms with Crippen molar-refractivity contribution in [2.24, 2.45) is 5.92 Å². The van der Waals surface area contributed by atoms with E-state index in [9.17, 15) is 9.59 Å². The molecule has 0 N–H and O–H groups in total. The smallest absolute Gasteiger partial charge is 0.308 e. The Morgan fingerprint density at radius 3 is 2.72 bits per heavy atom. The van der Waals surface area contributed by atoms with Gasteiger partial charge in [-0.25, -0.2) is 0 Å². The molecular weight excluding hydrogens is 236 g/mol. The van der Waals surface area contributed by atoms with Gasteiger partial charge in [-0.3, -0.25) is 9.59 Å². The summed E-state index contributed by atoms with van der Waals surface area (Å²) in [6.45, 7) is 3.34. The molecule has 0 spiro atoms. The molecule has 0 amide bonds. The number of carbonyl (C=O) groups is 2. The van der Waals surface area contributed by atoms with Crippen LogP contribution in [0.5, 0.6) is 11.5 Å². The quantitative estimate of drug-likeness (QED) is 0.602. The summed E-state index contributed by atoms with van der Waals surface area (Å²) in [4.78, 5) is 23.0. The Morgan fingerprint density at radius 2 is 2.00 bits per heavy atom. The number of rotatable bonds is 4. The second kappa shape index (κ2) is 5.08. The van der Waals surface area contributed by atoms with Crippen LogP contribution in [0.1, 0.15) is 24.2 Å². The normalized spacial score (nSPS) is 12.6. The second-order valence-electron chi connectivity index (χ2n) is 4.25. The van der Waals surface area contributed by atoms with Gasteiger partial charge >= 0.3 is 5.97 Å². The van der Waals surface area contributed by atoms with Crippen LogP contribution in [-0.2, 0) is 9.53 Å². The average Bonchev–Trinajstić information content (AvgIpc) is 2.82. The van der Waals surface area contributed by atoms with Crippen LogP contribution < -0.4 is 9.47 Å². The van der Waals surface area contributed by atoms with Crippen LogP contribution >= 0.6 is 0 Å². The summed E-state index contributed by atoms with van der Waals surface area (Å²) in [5, 5.41) is 0. The summed E-state index contributed by atoms with van der Waals surface area (Å²) in [6, 6.07) is 4.88. The molecule has 0 aliphatic carbocycles. The molecule has 0 radical (unpaired) electrons. The number of Topliss-reactive ketones (excluding diaryl/α,β-unsaturated/α-hetero) is 1. The summed E-state index contributed by atoms with van der Waals surface area (Å²) < 4.78 is 15.2. The van der Waals surface area contributed by atoms with Gasteiger partial charge in [-0.1, -0.05) is 13.8 Å². The van der Waals surface area contributed by atoms with Gasteiger partial charge in [-0.2, -0.15) is 0 Å². The number of hydrogen-bond donors (Lipinski definition) is 0. The summed E-state index contributed by atoms with van der Waals surface area (Å²) in [5.74, 6) is 0.266. The zero-order valence-electron chi connectivity index (χ0n) is 10.3. The van der Waals surface area contributed by atoms with Crippen LogP contribution in [-0.4, -0.2) is 25.2 Å². The first-order chi connectivity index (χ1) is 8.58. The molecule has 0 bridgehead atoms. The van der Waals surface area contributed by atoms with Crippen LogP contribution in [0.2, 0.25) is 0 Å². The lowest BCUT2D eigenvalue weighted by atomic mass is 10.1. The van der Waals surface area contributed by atoms with Gasteiger partial charge in [-0.05, 0) is 18.2 Å². The van der Waals surface area contributed by atoms with Gasteiger partial charge in [0.1, 0.15) is 0 Å². The predicted molar refractivity (Wildman–Crippen MR) is 62.7 cm³/mol. The molecule has 2 rings (SSSR count). The third-order valence-electron chi connectivity index (χ3n) is 2.51. The molecule has 1 heterocycles. The topological polar surface area (TPSA) is 61.8 Å². The van der Waals surface area contributed by atoms with Crippen molar-refractivity contribution in [3.8, 4) is 11.5 Å². The molecule has 5 nitrogen and oxygen atoms in total. The highest BCUT2D eigenvalue weighted by Crippen LogP contribution is 2.32.